The van der Waals surface area contributed by atoms with E-state index in [9.17, 15) is 17.6 Å². The predicted molar refractivity (Wildman–Crippen MR) is 50.8 cm³/mol. The maximum Gasteiger partial charge on any atom is 0.573 e. The zero-order valence-corrected chi connectivity index (χ0v) is 8.29. The molecule has 0 atom stereocenters. The molecule has 2 nitrogen and oxygen atoms in total. The van der Waals surface area contributed by atoms with Crippen molar-refractivity contribution in [3.63, 3.8) is 0 Å². The van der Waals surface area contributed by atoms with E-state index in [2.05, 4.69) is 4.74 Å². The molecule has 6 heteroatoms. The molecule has 0 amide bonds. The quantitative estimate of drug-likeness (QED) is 0.747. The van der Waals surface area contributed by atoms with Crippen LogP contribution in [0.25, 0.3) is 11.1 Å². The van der Waals surface area contributed by atoms with E-state index in [1.54, 1.807) is 6.07 Å². The van der Waals surface area contributed by atoms with Gasteiger partial charge >= 0.3 is 6.36 Å². The third-order valence-corrected chi connectivity index (χ3v) is 2.01. The number of ether oxygens (including phenoxy) is 1. The van der Waals surface area contributed by atoms with Gasteiger partial charge < -0.3 is 9.15 Å². The molecule has 0 aliphatic carbocycles. The van der Waals surface area contributed by atoms with Crippen molar-refractivity contribution >= 4 is 0 Å². The standard InChI is InChI=1S/C11H6F4O2/c12-9-2-1-7(8-3-4-16-6-8)5-10(9)17-11(13,14)15/h1-6H. The molecule has 0 unspecified atom stereocenters. The lowest BCUT2D eigenvalue weighted by Gasteiger charge is -2.10. The summed E-state index contributed by atoms with van der Waals surface area (Å²) in [5.41, 5.74) is 0.913. The molecule has 0 N–H and O–H groups in total. The third-order valence-electron chi connectivity index (χ3n) is 2.01. The molecule has 0 saturated carbocycles. The number of hydrogen-bond donors (Lipinski definition) is 0. The zero-order valence-electron chi connectivity index (χ0n) is 8.29. The maximum absolute atomic E-state index is 13.1. The van der Waals surface area contributed by atoms with Crippen LogP contribution in [-0.2, 0) is 0 Å². The summed E-state index contributed by atoms with van der Waals surface area (Å²) in [5, 5.41) is 0. The minimum Gasteiger partial charge on any atom is -0.472 e. The largest absolute Gasteiger partial charge is 0.573 e. The summed E-state index contributed by atoms with van der Waals surface area (Å²) in [5.74, 6) is -1.94. The topological polar surface area (TPSA) is 22.4 Å². The molecule has 1 heterocycles. The Morgan fingerprint density at radius 3 is 2.41 bits per heavy atom. The Hall–Kier alpha value is -1.98. The average Bonchev–Trinajstić information content (AvgIpc) is 2.72. The fraction of sp³-hybridized carbons (Fsp3) is 0.0909. The summed E-state index contributed by atoms with van der Waals surface area (Å²) in [4.78, 5) is 0. The zero-order chi connectivity index (χ0) is 12.5. The van der Waals surface area contributed by atoms with Crippen molar-refractivity contribution in [2.45, 2.75) is 6.36 Å². The highest BCUT2D eigenvalue weighted by Gasteiger charge is 2.32. The third kappa shape index (κ3) is 2.77. The van der Waals surface area contributed by atoms with Gasteiger partial charge in [-0.2, -0.15) is 0 Å². The molecule has 90 valence electrons. The normalized spacial score (nSPS) is 11.5. The number of halogens is 4. The summed E-state index contributed by atoms with van der Waals surface area (Å²) in [7, 11) is 0. The Morgan fingerprint density at radius 2 is 1.82 bits per heavy atom. The highest BCUT2D eigenvalue weighted by atomic mass is 19.4. The van der Waals surface area contributed by atoms with Gasteiger partial charge in [-0.15, -0.1) is 13.2 Å². The Bertz CT molecular complexity index is 503. The highest BCUT2D eigenvalue weighted by Crippen LogP contribution is 2.30. The average molecular weight is 246 g/mol. The molecule has 1 aromatic heterocycles. The number of rotatable bonds is 2. The van der Waals surface area contributed by atoms with E-state index in [0.29, 0.717) is 11.1 Å². The molecule has 0 fully saturated rings. The Kier molecular flexibility index (Phi) is 2.79. The Morgan fingerprint density at radius 1 is 1.06 bits per heavy atom. The summed E-state index contributed by atoms with van der Waals surface area (Å²) in [6, 6.07) is 4.76. The Labute approximate surface area is 93.4 Å². The van der Waals surface area contributed by atoms with E-state index < -0.39 is 17.9 Å². The van der Waals surface area contributed by atoms with Crippen molar-refractivity contribution in [3.05, 3.63) is 42.6 Å². The van der Waals surface area contributed by atoms with E-state index in [4.69, 9.17) is 4.42 Å². The molecule has 17 heavy (non-hydrogen) atoms. The maximum atomic E-state index is 13.1. The Balaban J connectivity index is 2.36. The molecule has 0 spiro atoms. The SMILES string of the molecule is Fc1ccc(-c2ccoc2)cc1OC(F)(F)F. The van der Waals surface area contributed by atoms with Crippen LogP contribution in [0.2, 0.25) is 0 Å². The fourth-order valence-electron chi connectivity index (χ4n) is 1.31. The van der Waals surface area contributed by atoms with Gasteiger partial charge in [0.2, 0.25) is 0 Å². The fourth-order valence-corrected chi connectivity index (χ4v) is 1.31. The summed E-state index contributed by atoms with van der Waals surface area (Å²) in [6.07, 6.45) is -2.22. The minimum absolute atomic E-state index is 0.374. The van der Waals surface area contributed by atoms with Crippen LogP contribution in [-0.4, -0.2) is 6.36 Å². The van der Waals surface area contributed by atoms with Gasteiger partial charge in [0, 0.05) is 5.56 Å². The molecule has 0 bridgehead atoms. The number of hydrogen-bond acceptors (Lipinski definition) is 2. The predicted octanol–water partition coefficient (Wildman–Crippen LogP) is 3.98. The lowest BCUT2D eigenvalue weighted by molar-refractivity contribution is -0.275. The van der Waals surface area contributed by atoms with Crippen molar-refractivity contribution in [1.82, 2.24) is 0 Å². The smallest absolute Gasteiger partial charge is 0.472 e. The van der Waals surface area contributed by atoms with Crippen LogP contribution in [0.4, 0.5) is 17.6 Å². The molecule has 1 aromatic carbocycles. The summed E-state index contributed by atoms with van der Waals surface area (Å²) in [6.45, 7) is 0. The second-order valence-corrected chi connectivity index (χ2v) is 3.21. The van der Waals surface area contributed by atoms with Gasteiger partial charge in [0.15, 0.2) is 11.6 Å². The monoisotopic (exact) mass is 246 g/mol. The molecule has 0 aliphatic heterocycles. The van der Waals surface area contributed by atoms with Gasteiger partial charge in [-0.1, -0.05) is 6.07 Å². The number of alkyl halides is 3. The number of furan rings is 1. The van der Waals surface area contributed by atoms with Crippen LogP contribution in [0.1, 0.15) is 0 Å². The second kappa shape index (κ2) is 4.12. The molecule has 0 radical (unpaired) electrons. The first kappa shape index (κ1) is 11.5. The van der Waals surface area contributed by atoms with Crippen LogP contribution in [0.5, 0.6) is 5.75 Å². The van der Waals surface area contributed by atoms with Gasteiger partial charge in [-0.25, -0.2) is 4.39 Å². The molecule has 0 saturated heterocycles. The van der Waals surface area contributed by atoms with E-state index in [0.717, 1.165) is 12.1 Å². The highest BCUT2D eigenvalue weighted by molar-refractivity contribution is 5.63. The van der Waals surface area contributed by atoms with Gasteiger partial charge in [0.05, 0.1) is 12.5 Å². The summed E-state index contributed by atoms with van der Waals surface area (Å²) >= 11 is 0. The lowest BCUT2D eigenvalue weighted by Crippen LogP contribution is -2.17. The van der Waals surface area contributed by atoms with Crippen LogP contribution < -0.4 is 4.74 Å². The summed E-state index contributed by atoms with van der Waals surface area (Å²) < 4.78 is 57.4. The van der Waals surface area contributed by atoms with Gasteiger partial charge in [0.25, 0.3) is 0 Å². The molecule has 2 rings (SSSR count). The van der Waals surface area contributed by atoms with Crippen molar-refractivity contribution in [3.8, 4) is 16.9 Å². The second-order valence-electron chi connectivity index (χ2n) is 3.21. The molecular formula is C11H6F4O2. The molecule has 2 aromatic rings. The molecule has 0 aliphatic rings. The lowest BCUT2D eigenvalue weighted by atomic mass is 10.1. The van der Waals surface area contributed by atoms with Crippen LogP contribution in [0.15, 0.2) is 41.2 Å². The van der Waals surface area contributed by atoms with E-state index in [-0.39, 0.29) is 0 Å². The van der Waals surface area contributed by atoms with Crippen LogP contribution in [0, 0.1) is 5.82 Å². The van der Waals surface area contributed by atoms with Gasteiger partial charge in [-0.3, -0.25) is 0 Å². The first-order chi connectivity index (χ1) is 7.96. The van der Waals surface area contributed by atoms with Crippen LogP contribution >= 0.6 is 0 Å². The number of benzene rings is 1. The van der Waals surface area contributed by atoms with Crippen LogP contribution in [0.3, 0.4) is 0 Å². The first-order valence-electron chi connectivity index (χ1n) is 4.53. The van der Waals surface area contributed by atoms with E-state index in [1.165, 1.54) is 18.6 Å². The van der Waals surface area contributed by atoms with Gasteiger partial charge in [-0.05, 0) is 23.8 Å². The van der Waals surface area contributed by atoms with Crippen molar-refractivity contribution in [1.29, 1.82) is 0 Å². The van der Waals surface area contributed by atoms with Crippen molar-refractivity contribution in [2.75, 3.05) is 0 Å². The van der Waals surface area contributed by atoms with E-state index >= 15 is 0 Å². The first-order valence-corrected chi connectivity index (χ1v) is 4.53. The minimum atomic E-state index is -4.92. The van der Waals surface area contributed by atoms with Crippen molar-refractivity contribution in [2.24, 2.45) is 0 Å². The molecular weight excluding hydrogens is 240 g/mol. The van der Waals surface area contributed by atoms with Crippen molar-refractivity contribution < 1.29 is 26.7 Å². The van der Waals surface area contributed by atoms with Gasteiger partial charge in [0.1, 0.15) is 0 Å². The van der Waals surface area contributed by atoms with E-state index in [1.807, 2.05) is 0 Å².